The van der Waals surface area contributed by atoms with Crippen LogP contribution >= 0.6 is 0 Å². The first-order valence-electron chi connectivity index (χ1n) is 9.10. The van der Waals surface area contributed by atoms with Crippen LogP contribution in [0.1, 0.15) is 88.4 Å². The number of benzene rings is 1. The van der Waals surface area contributed by atoms with E-state index in [9.17, 15) is 0 Å². The van der Waals surface area contributed by atoms with Crippen molar-refractivity contribution >= 4 is 0 Å². The molecule has 118 valence electrons. The van der Waals surface area contributed by atoms with Gasteiger partial charge < -0.3 is 4.74 Å². The Morgan fingerprint density at radius 3 is 1.86 bits per heavy atom. The molecule has 1 aliphatic heterocycles. The fraction of sp³-hybridized carbons (Fsp3) is 0.700. The number of aryl methyl sites for hydroxylation is 1. The number of epoxide rings is 1. The maximum Gasteiger partial charge on any atom is 0.106 e. The Morgan fingerprint density at radius 2 is 1.33 bits per heavy atom. The van der Waals surface area contributed by atoms with Gasteiger partial charge in [-0.2, -0.15) is 0 Å². The Bertz CT molecular complexity index is 364. The molecule has 21 heavy (non-hydrogen) atoms. The van der Waals surface area contributed by atoms with Gasteiger partial charge in [0.05, 0.1) is 6.61 Å². The van der Waals surface area contributed by atoms with E-state index in [1.165, 1.54) is 81.8 Å². The monoisotopic (exact) mass is 288 g/mol. The molecule has 1 unspecified atom stereocenters. The number of rotatable bonds is 12. The standard InChI is InChI=1S/C20H32O/c1-2-3-4-5-6-7-8-9-10-11-12-18-13-15-19(16-14-18)20-17-21-20/h13-16,20H,2-12,17H2,1H3. The Kier molecular flexibility index (Phi) is 7.88. The molecule has 1 heterocycles. The smallest absolute Gasteiger partial charge is 0.106 e. The molecular weight excluding hydrogens is 256 g/mol. The summed E-state index contributed by atoms with van der Waals surface area (Å²) in [6.07, 6.45) is 15.8. The third kappa shape index (κ3) is 7.13. The van der Waals surface area contributed by atoms with E-state index >= 15 is 0 Å². The van der Waals surface area contributed by atoms with Crippen LogP contribution in [-0.2, 0) is 11.2 Å². The zero-order chi connectivity index (χ0) is 14.8. The molecule has 1 saturated heterocycles. The van der Waals surface area contributed by atoms with E-state index in [-0.39, 0.29) is 0 Å². The Morgan fingerprint density at radius 1 is 0.810 bits per heavy atom. The lowest BCUT2D eigenvalue weighted by atomic mass is 10.0. The minimum Gasteiger partial charge on any atom is -0.368 e. The van der Waals surface area contributed by atoms with Crippen molar-refractivity contribution in [1.82, 2.24) is 0 Å². The summed E-state index contributed by atoms with van der Waals surface area (Å²) in [6.45, 7) is 3.20. The minimum atomic E-state index is 0.399. The first kappa shape index (κ1) is 16.5. The van der Waals surface area contributed by atoms with Gasteiger partial charge in [-0.05, 0) is 24.0 Å². The number of hydrogen-bond donors (Lipinski definition) is 0. The predicted octanol–water partition coefficient (Wildman–Crippen LogP) is 6.22. The van der Waals surface area contributed by atoms with Crippen LogP contribution in [0.3, 0.4) is 0 Å². The summed E-state index contributed by atoms with van der Waals surface area (Å²) < 4.78 is 5.30. The molecule has 1 aromatic rings. The average Bonchev–Trinajstić information content (AvgIpc) is 3.35. The number of unbranched alkanes of at least 4 members (excludes halogenated alkanes) is 9. The second kappa shape index (κ2) is 10.00. The summed E-state index contributed by atoms with van der Waals surface area (Å²) in [6, 6.07) is 9.04. The predicted molar refractivity (Wildman–Crippen MR) is 90.7 cm³/mol. The molecular formula is C20H32O. The normalized spacial score (nSPS) is 17.1. The van der Waals surface area contributed by atoms with Gasteiger partial charge in [0.1, 0.15) is 6.10 Å². The molecule has 1 aromatic carbocycles. The Balaban J connectivity index is 1.42. The van der Waals surface area contributed by atoms with E-state index in [4.69, 9.17) is 4.74 Å². The molecule has 2 rings (SSSR count). The van der Waals surface area contributed by atoms with Crippen molar-refractivity contribution in [3.05, 3.63) is 35.4 Å². The first-order valence-corrected chi connectivity index (χ1v) is 9.10. The van der Waals surface area contributed by atoms with Crippen molar-refractivity contribution < 1.29 is 4.74 Å². The molecule has 1 aliphatic rings. The fourth-order valence-electron chi connectivity index (χ4n) is 2.96. The highest BCUT2D eigenvalue weighted by molar-refractivity contribution is 5.26. The van der Waals surface area contributed by atoms with Crippen molar-refractivity contribution in [3.8, 4) is 0 Å². The summed E-state index contributed by atoms with van der Waals surface area (Å²) in [7, 11) is 0. The third-order valence-electron chi connectivity index (χ3n) is 4.50. The fourth-order valence-corrected chi connectivity index (χ4v) is 2.96. The van der Waals surface area contributed by atoms with Crippen LogP contribution in [0, 0.1) is 0 Å². The lowest BCUT2D eigenvalue weighted by Crippen LogP contribution is -1.88. The van der Waals surface area contributed by atoms with Crippen molar-refractivity contribution in [1.29, 1.82) is 0 Å². The first-order chi connectivity index (χ1) is 10.4. The Labute approximate surface area is 131 Å². The molecule has 0 N–H and O–H groups in total. The highest BCUT2D eigenvalue weighted by Gasteiger charge is 2.24. The van der Waals surface area contributed by atoms with Gasteiger partial charge in [0.15, 0.2) is 0 Å². The topological polar surface area (TPSA) is 12.5 Å². The maximum absolute atomic E-state index is 5.30. The third-order valence-corrected chi connectivity index (χ3v) is 4.50. The molecule has 0 aliphatic carbocycles. The molecule has 1 atom stereocenters. The molecule has 0 radical (unpaired) electrons. The van der Waals surface area contributed by atoms with Crippen LogP contribution in [0.15, 0.2) is 24.3 Å². The highest BCUT2D eigenvalue weighted by atomic mass is 16.6. The van der Waals surface area contributed by atoms with Gasteiger partial charge >= 0.3 is 0 Å². The van der Waals surface area contributed by atoms with Gasteiger partial charge in [0.25, 0.3) is 0 Å². The van der Waals surface area contributed by atoms with Crippen molar-refractivity contribution in [2.75, 3.05) is 6.61 Å². The zero-order valence-electron chi connectivity index (χ0n) is 13.8. The Hall–Kier alpha value is -0.820. The molecule has 0 spiro atoms. The molecule has 0 aromatic heterocycles. The van der Waals surface area contributed by atoms with Gasteiger partial charge in [-0.15, -0.1) is 0 Å². The van der Waals surface area contributed by atoms with E-state index in [0.29, 0.717) is 6.10 Å². The van der Waals surface area contributed by atoms with Crippen LogP contribution in [0.5, 0.6) is 0 Å². The van der Waals surface area contributed by atoms with Crippen molar-refractivity contribution in [2.45, 2.75) is 83.7 Å². The van der Waals surface area contributed by atoms with Crippen molar-refractivity contribution in [3.63, 3.8) is 0 Å². The SMILES string of the molecule is CCCCCCCCCCCCc1ccc(C2CO2)cc1. The number of ether oxygens (including phenoxy) is 1. The summed E-state index contributed by atoms with van der Waals surface area (Å²) in [4.78, 5) is 0. The lowest BCUT2D eigenvalue weighted by molar-refractivity contribution is 0.415. The quantitative estimate of drug-likeness (QED) is 0.328. The minimum absolute atomic E-state index is 0.399. The van der Waals surface area contributed by atoms with Gasteiger partial charge in [-0.1, -0.05) is 89.0 Å². The summed E-state index contributed by atoms with van der Waals surface area (Å²) >= 11 is 0. The molecule has 0 saturated carbocycles. The van der Waals surface area contributed by atoms with Gasteiger partial charge in [-0.25, -0.2) is 0 Å². The summed E-state index contributed by atoms with van der Waals surface area (Å²) in [5, 5.41) is 0. The zero-order valence-corrected chi connectivity index (χ0v) is 13.8. The highest BCUT2D eigenvalue weighted by Crippen LogP contribution is 2.29. The molecule has 1 nitrogen and oxygen atoms in total. The van der Waals surface area contributed by atoms with Gasteiger partial charge in [0, 0.05) is 0 Å². The van der Waals surface area contributed by atoms with E-state index in [2.05, 4.69) is 31.2 Å². The van der Waals surface area contributed by atoms with Crippen LogP contribution in [-0.4, -0.2) is 6.61 Å². The van der Waals surface area contributed by atoms with E-state index in [0.717, 1.165) is 6.61 Å². The molecule has 1 fully saturated rings. The van der Waals surface area contributed by atoms with Crippen LogP contribution in [0.4, 0.5) is 0 Å². The molecule has 0 amide bonds. The second-order valence-corrected chi connectivity index (χ2v) is 6.50. The second-order valence-electron chi connectivity index (χ2n) is 6.50. The van der Waals surface area contributed by atoms with E-state index in [1.54, 1.807) is 0 Å². The van der Waals surface area contributed by atoms with Crippen LogP contribution in [0.2, 0.25) is 0 Å². The van der Waals surface area contributed by atoms with Crippen LogP contribution < -0.4 is 0 Å². The van der Waals surface area contributed by atoms with E-state index < -0.39 is 0 Å². The molecule has 1 heteroatoms. The average molecular weight is 288 g/mol. The number of hydrogen-bond acceptors (Lipinski definition) is 1. The summed E-state index contributed by atoms with van der Waals surface area (Å²) in [5.74, 6) is 0. The summed E-state index contributed by atoms with van der Waals surface area (Å²) in [5.41, 5.74) is 2.83. The van der Waals surface area contributed by atoms with Gasteiger partial charge in [0.2, 0.25) is 0 Å². The largest absolute Gasteiger partial charge is 0.368 e. The van der Waals surface area contributed by atoms with Gasteiger partial charge in [-0.3, -0.25) is 0 Å². The van der Waals surface area contributed by atoms with E-state index in [1.807, 2.05) is 0 Å². The maximum atomic E-state index is 5.30. The van der Waals surface area contributed by atoms with Crippen molar-refractivity contribution in [2.24, 2.45) is 0 Å². The molecule has 0 bridgehead atoms. The lowest BCUT2D eigenvalue weighted by Gasteiger charge is -2.04. The van der Waals surface area contributed by atoms with Crippen LogP contribution in [0.25, 0.3) is 0 Å².